The van der Waals surface area contributed by atoms with E-state index in [1.807, 2.05) is 33.8 Å². The number of nitrogens with zero attached hydrogens (tertiary/aromatic N) is 2. The van der Waals surface area contributed by atoms with Crippen molar-refractivity contribution in [1.82, 2.24) is 10.2 Å². The summed E-state index contributed by atoms with van der Waals surface area (Å²) in [5, 5.41) is 3.23. The molecule has 0 aromatic heterocycles. The first-order chi connectivity index (χ1) is 18.7. The molecule has 10 heteroatoms. The lowest BCUT2D eigenvalue weighted by Gasteiger charge is -2.33. The van der Waals surface area contributed by atoms with Gasteiger partial charge in [-0.05, 0) is 82.6 Å². The molecule has 0 radical (unpaired) electrons. The second kappa shape index (κ2) is 12.7. The van der Waals surface area contributed by atoms with E-state index in [1.54, 1.807) is 62.6 Å². The maximum absolute atomic E-state index is 14.0. The monoisotopic (exact) mass is 585 g/mol. The van der Waals surface area contributed by atoms with Gasteiger partial charge in [-0.3, -0.25) is 13.9 Å². The number of anilines is 1. The molecule has 0 aliphatic heterocycles. The van der Waals surface area contributed by atoms with Gasteiger partial charge in [0.2, 0.25) is 11.8 Å². The molecule has 3 rings (SSSR count). The first-order valence-corrected chi connectivity index (χ1v) is 14.6. The SMILES string of the molecule is COc1cccc(CN(C(=O)CN(c2cccc(Cl)c2)S(=O)(=O)c2ccc(C)cc2)[C@@H](C)C(=O)NC(C)(C)C)c1. The van der Waals surface area contributed by atoms with Crippen molar-refractivity contribution in [1.29, 1.82) is 0 Å². The van der Waals surface area contributed by atoms with Gasteiger partial charge >= 0.3 is 0 Å². The van der Waals surface area contributed by atoms with E-state index in [0.29, 0.717) is 10.8 Å². The second-order valence-electron chi connectivity index (χ2n) is 10.6. The van der Waals surface area contributed by atoms with Gasteiger partial charge in [-0.25, -0.2) is 8.42 Å². The summed E-state index contributed by atoms with van der Waals surface area (Å²) >= 11 is 6.21. The first kappa shape index (κ1) is 31.0. The Morgan fingerprint density at radius 1 is 1.00 bits per heavy atom. The third-order valence-corrected chi connectivity index (χ3v) is 8.16. The van der Waals surface area contributed by atoms with E-state index in [1.165, 1.54) is 23.1 Å². The van der Waals surface area contributed by atoms with Crippen LogP contribution in [0.1, 0.15) is 38.8 Å². The maximum atomic E-state index is 14.0. The largest absolute Gasteiger partial charge is 0.497 e. The topological polar surface area (TPSA) is 96.0 Å². The van der Waals surface area contributed by atoms with Crippen LogP contribution in [0, 0.1) is 6.92 Å². The Bertz CT molecular complexity index is 1450. The highest BCUT2D eigenvalue weighted by molar-refractivity contribution is 7.92. The Morgan fingerprint density at radius 2 is 1.65 bits per heavy atom. The van der Waals surface area contributed by atoms with Crippen molar-refractivity contribution in [3.05, 3.63) is 88.9 Å². The number of methoxy groups -OCH3 is 1. The molecule has 0 unspecified atom stereocenters. The van der Waals surface area contributed by atoms with E-state index in [9.17, 15) is 18.0 Å². The van der Waals surface area contributed by atoms with Crippen molar-refractivity contribution in [2.24, 2.45) is 0 Å². The molecule has 0 spiro atoms. The van der Waals surface area contributed by atoms with Gasteiger partial charge in [-0.1, -0.05) is 47.5 Å². The number of rotatable bonds is 10. The van der Waals surface area contributed by atoms with Crippen molar-refractivity contribution < 1.29 is 22.7 Å². The number of hydrogen-bond donors (Lipinski definition) is 1. The fraction of sp³-hybridized carbons (Fsp3) is 0.333. The van der Waals surface area contributed by atoms with Crippen molar-refractivity contribution in [3.8, 4) is 5.75 Å². The fourth-order valence-electron chi connectivity index (χ4n) is 4.02. The molecule has 8 nitrogen and oxygen atoms in total. The minimum Gasteiger partial charge on any atom is -0.497 e. The molecule has 40 heavy (non-hydrogen) atoms. The highest BCUT2D eigenvalue weighted by Gasteiger charge is 2.33. The van der Waals surface area contributed by atoms with Crippen molar-refractivity contribution in [2.75, 3.05) is 18.0 Å². The average Bonchev–Trinajstić information content (AvgIpc) is 2.89. The van der Waals surface area contributed by atoms with Crippen LogP contribution in [0.5, 0.6) is 5.75 Å². The van der Waals surface area contributed by atoms with Crippen LogP contribution in [0.2, 0.25) is 5.02 Å². The lowest BCUT2D eigenvalue weighted by atomic mass is 10.1. The summed E-state index contributed by atoms with van der Waals surface area (Å²) < 4.78 is 34.1. The van der Waals surface area contributed by atoms with Gasteiger partial charge < -0.3 is 15.0 Å². The highest BCUT2D eigenvalue weighted by atomic mass is 35.5. The number of amides is 2. The average molecular weight is 586 g/mol. The molecule has 214 valence electrons. The summed E-state index contributed by atoms with van der Waals surface area (Å²) in [7, 11) is -2.63. The van der Waals surface area contributed by atoms with Crippen LogP contribution in [0.3, 0.4) is 0 Å². The lowest BCUT2D eigenvalue weighted by molar-refractivity contribution is -0.140. The molecule has 3 aromatic rings. The number of carbonyl (C=O) groups is 2. The molecular weight excluding hydrogens is 550 g/mol. The summed E-state index contributed by atoms with van der Waals surface area (Å²) in [5.41, 5.74) is 1.32. The Kier molecular flexibility index (Phi) is 9.87. The van der Waals surface area contributed by atoms with Gasteiger partial charge in [0.05, 0.1) is 17.7 Å². The number of halogens is 1. The third-order valence-electron chi connectivity index (χ3n) is 6.14. The molecule has 1 atom stereocenters. The van der Waals surface area contributed by atoms with Crippen molar-refractivity contribution in [3.63, 3.8) is 0 Å². The molecule has 0 saturated heterocycles. The number of benzene rings is 3. The third kappa shape index (κ3) is 7.99. The van der Waals surface area contributed by atoms with Crippen LogP contribution in [0.4, 0.5) is 5.69 Å². The molecule has 1 N–H and O–H groups in total. The van der Waals surface area contributed by atoms with Gasteiger partial charge in [0, 0.05) is 17.1 Å². The number of aryl methyl sites for hydroxylation is 1. The molecular formula is C30H36ClN3O5S. The number of carbonyl (C=O) groups excluding carboxylic acids is 2. The smallest absolute Gasteiger partial charge is 0.264 e. The molecule has 0 aliphatic carbocycles. The molecule has 0 fully saturated rings. The van der Waals surface area contributed by atoms with E-state index in [0.717, 1.165) is 15.4 Å². The Labute approximate surface area is 241 Å². The van der Waals surface area contributed by atoms with Gasteiger partial charge in [0.15, 0.2) is 0 Å². The maximum Gasteiger partial charge on any atom is 0.264 e. The molecule has 2 amide bonds. The van der Waals surface area contributed by atoms with Crippen LogP contribution in [0.25, 0.3) is 0 Å². The normalized spacial score (nSPS) is 12.4. The van der Waals surface area contributed by atoms with E-state index >= 15 is 0 Å². The quantitative estimate of drug-likeness (QED) is 0.353. The van der Waals surface area contributed by atoms with Crippen LogP contribution in [-0.4, -0.2) is 50.4 Å². The first-order valence-electron chi connectivity index (χ1n) is 12.8. The predicted molar refractivity (Wildman–Crippen MR) is 158 cm³/mol. The van der Waals surface area contributed by atoms with Crippen LogP contribution in [0.15, 0.2) is 77.7 Å². The number of sulfonamides is 1. The molecule has 0 heterocycles. The Balaban J connectivity index is 2.05. The van der Waals surface area contributed by atoms with Gasteiger partial charge in [0.25, 0.3) is 10.0 Å². The zero-order chi connectivity index (χ0) is 29.7. The standard InChI is InChI=1S/C30H36ClN3O5S/c1-21-13-15-27(16-14-21)40(37,38)34(25-11-8-10-24(31)18-25)20-28(35)33(22(2)29(36)32-30(3,4)5)19-23-9-7-12-26(17-23)39-6/h7-18,22H,19-20H2,1-6H3,(H,32,36)/t22-/m0/s1. The summed E-state index contributed by atoms with van der Waals surface area (Å²) in [6.07, 6.45) is 0. The van der Waals surface area contributed by atoms with Crippen LogP contribution in [-0.2, 0) is 26.2 Å². The van der Waals surface area contributed by atoms with E-state index < -0.39 is 34.1 Å². The molecule has 0 aliphatic rings. The van der Waals surface area contributed by atoms with Crippen molar-refractivity contribution in [2.45, 2.75) is 57.6 Å². The fourth-order valence-corrected chi connectivity index (χ4v) is 5.61. The number of nitrogens with one attached hydrogen (secondary N) is 1. The van der Waals surface area contributed by atoms with E-state index in [-0.39, 0.29) is 23.0 Å². The predicted octanol–water partition coefficient (Wildman–Crippen LogP) is 5.18. The van der Waals surface area contributed by atoms with E-state index in [4.69, 9.17) is 16.3 Å². The Morgan fingerprint density at radius 3 is 2.25 bits per heavy atom. The zero-order valence-electron chi connectivity index (χ0n) is 23.6. The zero-order valence-corrected chi connectivity index (χ0v) is 25.2. The lowest BCUT2D eigenvalue weighted by Crippen LogP contribution is -2.54. The molecule has 3 aromatic carbocycles. The number of hydrogen-bond acceptors (Lipinski definition) is 5. The van der Waals surface area contributed by atoms with Crippen molar-refractivity contribution >= 4 is 39.1 Å². The summed E-state index contributed by atoms with van der Waals surface area (Å²) in [5.74, 6) is -0.325. The highest BCUT2D eigenvalue weighted by Crippen LogP contribution is 2.27. The van der Waals surface area contributed by atoms with E-state index in [2.05, 4.69) is 5.32 Å². The van der Waals surface area contributed by atoms with Crippen LogP contribution < -0.4 is 14.4 Å². The minimum absolute atomic E-state index is 0.0312. The minimum atomic E-state index is -4.17. The van der Waals surface area contributed by atoms with Gasteiger partial charge in [-0.15, -0.1) is 0 Å². The molecule has 0 bridgehead atoms. The number of ether oxygens (including phenoxy) is 1. The summed E-state index contributed by atoms with van der Waals surface area (Å²) in [4.78, 5) is 28.6. The molecule has 0 saturated carbocycles. The van der Waals surface area contributed by atoms with Gasteiger partial charge in [0.1, 0.15) is 18.3 Å². The summed E-state index contributed by atoms with van der Waals surface area (Å²) in [6.45, 7) is 8.53. The van der Waals surface area contributed by atoms with Crippen LogP contribution >= 0.6 is 11.6 Å². The van der Waals surface area contributed by atoms with Gasteiger partial charge in [-0.2, -0.15) is 0 Å². The summed E-state index contributed by atoms with van der Waals surface area (Å²) in [6, 6.07) is 18.9. The second-order valence-corrected chi connectivity index (χ2v) is 12.9. The Hall–Kier alpha value is -3.56.